The zero-order valence-electron chi connectivity index (χ0n) is 15.0. The molecule has 3 heterocycles. The summed E-state index contributed by atoms with van der Waals surface area (Å²) in [6, 6.07) is 7.30. The van der Waals surface area contributed by atoms with Gasteiger partial charge in [-0.2, -0.15) is 0 Å². The lowest BCUT2D eigenvalue weighted by molar-refractivity contribution is -0.125. The van der Waals surface area contributed by atoms with Crippen LogP contribution in [0.3, 0.4) is 0 Å². The molecular weight excluding hydrogens is 362 g/mol. The third-order valence-electron chi connectivity index (χ3n) is 4.87. The van der Waals surface area contributed by atoms with E-state index in [4.69, 9.17) is 0 Å². The third kappa shape index (κ3) is 3.57. The predicted octanol–water partition coefficient (Wildman–Crippen LogP) is 2.15. The van der Waals surface area contributed by atoms with Gasteiger partial charge in [-0.3, -0.25) is 4.79 Å². The molecule has 1 atom stereocenters. The van der Waals surface area contributed by atoms with E-state index >= 15 is 0 Å². The normalized spacial score (nSPS) is 19.1. The largest absolute Gasteiger partial charge is 0.337 e. The first-order valence-corrected chi connectivity index (χ1v) is 10.1. The average Bonchev–Trinajstić information content (AvgIpc) is 3.30. The highest BCUT2D eigenvalue weighted by Gasteiger charge is 2.40. The maximum atomic E-state index is 13.0. The Morgan fingerprint density at radius 2 is 2.04 bits per heavy atom. The number of imidazole rings is 1. The lowest BCUT2D eigenvalue weighted by atomic mass is 9.96. The fraction of sp³-hybridized carbons (Fsp3) is 0.316. The van der Waals surface area contributed by atoms with Crippen LogP contribution in [0, 0.1) is 0 Å². The molecule has 0 saturated carbocycles. The van der Waals surface area contributed by atoms with Crippen molar-refractivity contribution in [2.24, 2.45) is 0 Å². The number of aromatic nitrogens is 2. The summed E-state index contributed by atoms with van der Waals surface area (Å²) in [5, 5.41) is 5.71. The summed E-state index contributed by atoms with van der Waals surface area (Å²) in [5.74, 6) is -0.0120. The smallest absolute Gasteiger partial charge is 0.319 e. The molecular formula is C19H21N5O2S. The molecule has 2 N–H and O–H groups in total. The lowest BCUT2D eigenvalue weighted by Gasteiger charge is -2.25. The van der Waals surface area contributed by atoms with E-state index < -0.39 is 6.04 Å². The minimum absolute atomic E-state index is 0.0120. The molecule has 2 aliphatic heterocycles. The molecule has 0 bridgehead atoms. The molecule has 0 spiro atoms. The molecule has 1 aromatic carbocycles. The van der Waals surface area contributed by atoms with E-state index in [1.54, 1.807) is 29.2 Å². The molecule has 1 aromatic heterocycles. The van der Waals surface area contributed by atoms with Crippen LogP contribution >= 0.6 is 11.8 Å². The number of hydrogen-bond donors (Lipinski definition) is 2. The Labute approximate surface area is 161 Å². The Hall–Kier alpha value is -2.74. The number of amides is 3. The van der Waals surface area contributed by atoms with Crippen molar-refractivity contribution in [1.29, 1.82) is 0 Å². The summed E-state index contributed by atoms with van der Waals surface area (Å²) in [7, 11) is 0. The zero-order chi connectivity index (χ0) is 18.8. The van der Waals surface area contributed by atoms with Crippen molar-refractivity contribution in [1.82, 2.24) is 25.1 Å². The van der Waals surface area contributed by atoms with Gasteiger partial charge in [-0.05, 0) is 30.4 Å². The Balaban J connectivity index is 1.49. The van der Waals surface area contributed by atoms with Gasteiger partial charge >= 0.3 is 6.03 Å². The molecule has 0 unspecified atom stereocenters. The number of aryl methyl sites for hydroxylation is 1. The Morgan fingerprint density at radius 1 is 1.22 bits per heavy atom. The fourth-order valence-electron chi connectivity index (χ4n) is 3.52. The van der Waals surface area contributed by atoms with Gasteiger partial charge in [-0.1, -0.05) is 12.1 Å². The number of hydrogen-bond acceptors (Lipinski definition) is 4. The van der Waals surface area contributed by atoms with Crippen LogP contribution in [0.2, 0.25) is 0 Å². The highest BCUT2D eigenvalue weighted by atomic mass is 32.2. The third-order valence-corrected chi connectivity index (χ3v) is 5.62. The molecule has 8 heteroatoms. The number of nitrogens with zero attached hydrogens (tertiary/aromatic N) is 3. The molecule has 3 amide bonds. The summed E-state index contributed by atoms with van der Waals surface area (Å²) in [6.07, 6.45) is 8.28. The Morgan fingerprint density at radius 3 is 2.74 bits per heavy atom. The lowest BCUT2D eigenvalue weighted by Crippen LogP contribution is -2.44. The van der Waals surface area contributed by atoms with E-state index in [-0.39, 0.29) is 11.9 Å². The molecule has 2 aliphatic rings. The number of urea groups is 1. The van der Waals surface area contributed by atoms with E-state index in [0.717, 1.165) is 23.4 Å². The van der Waals surface area contributed by atoms with Crippen LogP contribution in [0.1, 0.15) is 18.0 Å². The van der Waals surface area contributed by atoms with Crippen LogP contribution in [0.4, 0.5) is 4.79 Å². The van der Waals surface area contributed by atoms with Crippen molar-refractivity contribution in [2.45, 2.75) is 23.9 Å². The summed E-state index contributed by atoms with van der Waals surface area (Å²) in [5.41, 5.74) is 2.28. The number of thioether (sulfide) groups is 1. The Kier molecular flexibility index (Phi) is 4.89. The molecule has 140 valence electrons. The summed E-state index contributed by atoms with van der Waals surface area (Å²) < 4.78 is 1.99. The van der Waals surface area contributed by atoms with E-state index in [9.17, 15) is 9.59 Å². The minimum atomic E-state index is -0.407. The van der Waals surface area contributed by atoms with Gasteiger partial charge in [0.05, 0.1) is 30.2 Å². The second kappa shape index (κ2) is 7.48. The molecule has 7 nitrogen and oxygen atoms in total. The van der Waals surface area contributed by atoms with Gasteiger partial charge in [0.1, 0.15) is 0 Å². The highest BCUT2D eigenvalue weighted by Crippen LogP contribution is 2.33. The summed E-state index contributed by atoms with van der Waals surface area (Å²) in [4.78, 5) is 32.1. The second-order valence-electron chi connectivity index (χ2n) is 6.58. The molecule has 4 rings (SSSR count). The van der Waals surface area contributed by atoms with Gasteiger partial charge < -0.3 is 20.1 Å². The van der Waals surface area contributed by atoms with Gasteiger partial charge in [0, 0.05) is 30.4 Å². The quantitative estimate of drug-likeness (QED) is 0.749. The highest BCUT2D eigenvalue weighted by molar-refractivity contribution is 7.98. The maximum absolute atomic E-state index is 13.0. The molecule has 0 saturated heterocycles. The molecule has 0 aliphatic carbocycles. The topological polar surface area (TPSA) is 79.3 Å². The van der Waals surface area contributed by atoms with Crippen LogP contribution in [-0.4, -0.2) is 45.7 Å². The van der Waals surface area contributed by atoms with Crippen LogP contribution in [0.15, 0.2) is 59.2 Å². The van der Waals surface area contributed by atoms with E-state index in [1.165, 1.54) is 0 Å². The van der Waals surface area contributed by atoms with E-state index in [2.05, 4.69) is 15.6 Å². The first kappa shape index (κ1) is 17.7. The molecule has 27 heavy (non-hydrogen) atoms. The number of carbonyl (C=O) groups is 2. The van der Waals surface area contributed by atoms with Crippen LogP contribution in [0.25, 0.3) is 0 Å². The van der Waals surface area contributed by atoms with Gasteiger partial charge in [0.15, 0.2) is 0 Å². The average molecular weight is 383 g/mol. The van der Waals surface area contributed by atoms with Crippen LogP contribution in [-0.2, 0) is 11.3 Å². The second-order valence-corrected chi connectivity index (χ2v) is 7.46. The van der Waals surface area contributed by atoms with Crippen molar-refractivity contribution in [3.05, 3.63) is 59.8 Å². The SMILES string of the molecule is CSc1ccc([C@@H]2NC(=O)NC3=C2C(=O)N(CCCn2ccnc2)C3)cc1. The molecule has 0 fully saturated rings. The predicted molar refractivity (Wildman–Crippen MR) is 103 cm³/mol. The monoisotopic (exact) mass is 383 g/mol. The van der Waals surface area contributed by atoms with Crippen LogP contribution < -0.4 is 10.6 Å². The van der Waals surface area contributed by atoms with Crippen molar-refractivity contribution in [2.75, 3.05) is 19.3 Å². The number of benzene rings is 1. The Bertz CT molecular complexity index is 876. The van der Waals surface area contributed by atoms with Crippen molar-refractivity contribution >= 4 is 23.7 Å². The maximum Gasteiger partial charge on any atom is 0.319 e. The van der Waals surface area contributed by atoms with Gasteiger partial charge in [-0.15, -0.1) is 11.8 Å². The first-order valence-electron chi connectivity index (χ1n) is 8.85. The minimum Gasteiger partial charge on any atom is -0.337 e. The van der Waals surface area contributed by atoms with Crippen LogP contribution in [0.5, 0.6) is 0 Å². The van der Waals surface area contributed by atoms with E-state index in [1.807, 2.05) is 41.3 Å². The van der Waals surface area contributed by atoms with Crippen molar-refractivity contribution < 1.29 is 9.59 Å². The molecule has 2 aromatic rings. The number of nitrogens with one attached hydrogen (secondary N) is 2. The molecule has 0 radical (unpaired) electrons. The van der Waals surface area contributed by atoms with Crippen molar-refractivity contribution in [3.63, 3.8) is 0 Å². The van der Waals surface area contributed by atoms with Crippen molar-refractivity contribution in [3.8, 4) is 0 Å². The summed E-state index contributed by atoms with van der Waals surface area (Å²) >= 11 is 1.66. The first-order chi connectivity index (χ1) is 13.2. The fourth-order valence-corrected chi connectivity index (χ4v) is 3.93. The number of carbonyl (C=O) groups excluding carboxylic acids is 2. The van der Waals surface area contributed by atoms with Gasteiger partial charge in [0.2, 0.25) is 0 Å². The summed E-state index contributed by atoms with van der Waals surface area (Å²) in [6.45, 7) is 1.89. The van der Waals surface area contributed by atoms with Gasteiger partial charge in [0.25, 0.3) is 5.91 Å². The number of rotatable bonds is 6. The van der Waals surface area contributed by atoms with E-state index in [0.29, 0.717) is 24.4 Å². The van der Waals surface area contributed by atoms with Gasteiger partial charge in [-0.25, -0.2) is 9.78 Å². The standard InChI is InChI=1S/C19H21N5O2S/c1-27-14-5-3-13(4-6-14)17-16-15(21-19(26)22-17)11-24(18(16)25)9-2-8-23-10-7-20-12-23/h3-7,10,12,17H,2,8-9,11H2,1H3,(H2,21,22,26)/t17-/m0/s1. The zero-order valence-corrected chi connectivity index (χ0v) is 15.8.